The van der Waals surface area contributed by atoms with Gasteiger partial charge in [-0.1, -0.05) is 12.2 Å². The number of rotatable bonds is 6. The molecule has 0 rings (SSSR count). The molecule has 0 aliphatic heterocycles. The normalized spacial score (nSPS) is 11.6. The molecule has 0 saturated carbocycles. The van der Waals surface area contributed by atoms with Gasteiger partial charge < -0.3 is 4.90 Å². The van der Waals surface area contributed by atoms with Crippen molar-refractivity contribution in [3.8, 4) is 0 Å². The monoisotopic (exact) mass is 191 g/mol. The van der Waals surface area contributed by atoms with E-state index in [9.17, 15) is 0 Å². The Morgan fingerprint density at radius 1 is 1.36 bits per heavy atom. The summed E-state index contributed by atoms with van der Waals surface area (Å²) in [6.07, 6.45) is 4.26. The summed E-state index contributed by atoms with van der Waals surface area (Å²) in [5.41, 5.74) is 0. The van der Waals surface area contributed by atoms with Crippen molar-refractivity contribution in [1.29, 1.82) is 0 Å². The standard InChI is InChI=1S/C8H17NS2/c1-9(2)5-8-11-7-4-3-6-10/h3-4,10H,5-8H2,1-2H3. The van der Waals surface area contributed by atoms with E-state index in [0.717, 1.165) is 11.5 Å². The van der Waals surface area contributed by atoms with Gasteiger partial charge in [0.15, 0.2) is 0 Å². The number of hydrogen-bond donors (Lipinski definition) is 1. The van der Waals surface area contributed by atoms with E-state index in [-0.39, 0.29) is 0 Å². The molecule has 0 bridgehead atoms. The van der Waals surface area contributed by atoms with Crippen LogP contribution in [-0.4, -0.2) is 42.8 Å². The molecule has 3 heteroatoms. The van der Waals surface area contributed by atoms with Crippen LogP contribution in [0.3, 0.4) is 0 Å². The van der Waals surface area contributed by atoms with Crippen LogP contribution in [0.4, 0.5) is 0 Å². The summed E-state index contributed by atoms with van der Waals surface area (Å²) in [6.45, 7) is 1.17. The van der Waals surface area contributed by atoms with Crippen LogP contribution < -0.4 is 0 Å². The molecule has 0 amide bonds. The Labute approximate surface area is 79.6 Å². The maximum atomic E-state index is 4.07. The lowest BCUT2D eigenvalue weighted by atomic mass is 10.6. The lowest BCUT2D eigenvalue weighted by Gasteiger charge is -2.07. The number of thiol groups is 1. The Morgan fingerprint density at radius 2 is 2.09 bits per heavy atom. The van der Waals surface area contributed by atoms with Crippen LogP contribution in [0.1, 0.15) is 0 Å². The summed E-state index contributed by atoms with van der Waals surface area (Å²) < 4.78 is 0. The molecule has 0 radical (unpaired) electrons. The lowest BCUT2D eigenvalue weighted by molar-refractivity contribution is 0.437. The Hall–Kier alpha value is 0.400. The highest BCUT2D eigenvalue weighted by molar-refractivity contribution is 7.99. The molecule has 11 heavy (non-hydrogen) atoms. The molecule has 66 valence electrons. The molecule has 0 spiro atoms. The first-order valence-electron chi connectivity index (χ1n) is 3.75. The van der Waals surface area contributed by atoms with Gasteiger partial charge in [-0.3, -0.25) is 0 Å². The first-order chi connectivity index (χ1) is 5.27. The van der Waals surface area contributed by atoms with Gasteiger partial charge >= 0.3 is 0 Å². The molecule has 0 fully saturated rings. The van der Waals surface area contributed by atoms with Crippen LogP contribution in [0.25, 0.3) is 0 Å². The summed E-state index contributed by atoms with van der Waals surface area (Å²) >= 11 is 6.03. The van der Waals surface area contributed by atoms with Gasteiger partial charge in [-0.15, -0.1) is 0 Å². The van der Waals surface area contributed by atoms with E-state index in [1.807, 2.05) is 11.8 Å². The molecular formula is C8H17NS2. The second-order valence-corrected chi connectivity index (χ2v) is 4.05. The van der Waals surface area contributed by atoms with Crippen molar-refractivity contribution in [3.05, 3.63) is 12.2 Å². The van der Waals surface area contributed by atoms with Crippen LogP contribution in [0, 0.1) is 0 Å². The molecule has 0 aromatic rings. The van der Waals surface area contributed by atoms with Gasteiger partial charge in [-0.05, 0) is 14.1 Å². The van der Waals surface area contributed by atoms with Crippen molar-refractivity contribution < 1.29 is 0 Å². The van der Waals surface area contributed by atoms with E-state index in [2.05, 4.69) is 43.8 Å². The molecule has 0 aromatic heterocycles. The molecule has 0 aromatic carbocycles. The van der Waals surface area contributed by atoms with Gasteiger partial charge in [0.25, 0.3) is 0 Å². The quantitative estimate of drug-likeness (QED) is 0.387. The highest BCUT2D eigenvalue weighted by Gasteiger charge is 1.88. The highest BCUT2D eigenvalue weighted by atomic mass is 32.2. The Kier molecular flexibility index (Phi) is 8.81. The van der Waals surface area contributed by atoms with Gasteiger partial charge in [0, 0.05) is 23.8 Å². The second kappa shape index (κ2) is 8.50. The van der Waals surface area contributed by atoms with Crippen molar-refractivity contribution in [2.24, 2.45) is 0 Å². The fourth-order valence-electron chi connectivity index (χ4n) is 0.541. The minimum atomic E-state index is 0.855. The van der Waals surface area contributed by atoms with Gasteiger partial charge in [0.2, 0.25) is 0 Å². The molecule has 0 unspecified atom stereocenters. The van der Waals surface area contributed by atoms with Crippen LogP contribution in [-0.2, 0) is 0 Å². The highest BCUT2D eigenvalue weighted by Crippen LogP contribution is 1.99. The zero-order valence-electron chi connectivity index (χ0n) is 7.29. The number of thioether (sulfide) groups is 1. The van der Waals surface area contributed by atoms with Gasteiger partial charge in [0.05, 0.1) is 0 Å². The summed E-state index contributed by atoms with van der Waals surface area (Å²) in [5.74, 6) is 3.19. The van der Waals surface area contributed by atoms with E-state index >= 15 is 0 Å². The van der Waals surface area contributed by atoms with Crippen LogP contribution >= 0.6 is 24.4 Å². The van der Waals surface area contributed by atoms with Gasteiger partial charge in [0.1, 0.15) is 0 Å². The first-order valence-corrected chi connectivity index (χ1v) is 5.54. The third-order valence-corrected chi connectivity index (χ3v) is 2.28. The largest absolute Gasteiger partial charge is 0.309 e. The molecule has 1 nitrogen and oxygen atoms in total. The molecule has 0 aliphatic carbocycles. The average Bonchev–Trinajstić information content (AvgIpc) is 1.96. The van der Waals surface area contributed by atoms with Gasteiger partial charge in [-0.2, -0.15) is 24.4 Å². The van der Waals surface area contributed by atoms with Crippen molar-refractivity contribution in [3.63, 3.8) is 0 Å². The lowest BCUT2D eigenvalue weighted by Crippen LogP contribution is -2.14. The molecule has 0 aliphatic rings. The smallest absolute Gasteiger partial charge is 0.0114 e. The number of nitrogens with zero attached hydrogens (tertiary/aromatic N) is 1. The summed E-state index contributed by atoms with van der Waals surface area (Å²) in [5, 5.41) is 0. The van der Waals surface area contributed by atoms with Crippen LogP contribution in [0.5, 0.6) is 0 Å². The Morgan fingerprint density at radius 3 is 2.64 bits per heavy atom. The predicted octanol–water partition coefficient (Wildman–Crippen LogP) is 1.77. The minimum absolute atomic E-state index is 0.855. The molecule has 0 N–H and O–H groups in total. The fraction of sp³-hybridized carbons (Fsp3) is 0.750. The van der Waals surface area contributed by atoms with Gasteiger partial charge in [-0.25, -0.2) is 0 Å². The van der Waals surface area contributed by atoms with Crippen LogP contribution in [0.2, 0.25) is 0 Å². The molecule has 0 heterocycles. The zero-order valence-corrected chi connectivity index (χ0v) is 9.00. The van der Waals surface area contributed by atoms with E-state index in [0.29, 0.717) is 0 Å². The van der Waals surface area contributed by atoms with E-state index in [4.69, 9.17) is 0 Å². The first kappa shape index (κ1) is 11.4. The summed E-state index contributed by atoms with van der Waals surface area (Å²) in [6, 6.07) is 0. The minimum Gasteiger partial charge on any atom is -0.309 e. The van der Waals surface area contributed by atoms with Crippen molar-refractivity contribution in [2.75, 3.05) is 37.9 Å². The maximum absolute atomic E-state index is 4.07. The van der Waals surface area contributed by atoms with Crippen molar-refractivity contribution in [2.45, 2.75) is 0 Å². The topological polar surface area (TPSA) is 3.24 Å². The van der Waals surface area contributed by atoms with E-state index in [1.165, 1.54) is 12.3 Å². The third-order valence-electron chi connectivity index (χ3n) is 1.17. The SMILES string of the molecule is CN(C)CCSCC=CCS. The van der Waals surface area contributed by atoms with Crippen molar-refractivity contribution >= 4 is 24.4 Å². The molecule has 0 atom stereocenters. The van der Waals surface area contributed by atoms with Crippen molar-refractivity contribution in [1.82, 2.24) is 4.90 Å². The van der Waals surface area contributed by atoms with E-state index in [1.54, 1.807) is 0 Å². The third kappa shape index (κ3) is 10.4. The number of hydrogen-bond acceptors (Lipinski definition) is 3. The zero-order chi connectivity index (χ0) is 8.53. The summed E-state index contributed by atoms with van der Waals surface area (Å²) in [4.78, 5) is 2.20. The maximum Gasteiger partial charge on any atom is 0.0114 e. The summed E-state index contributed by atoms with van der Waals surface area (Å²) in [7, 11) is 4.20. The second-order valence-electron chi connectivity index (χ2n) is 2.53. The predicted molar refractivity (Wildman–Crippen MR) is 58.9 cm³/mol. The average molecular weight is 191 g/mol. The molecule has 0 saturated heterocycles. The van der Waals surface area contributed by atoms with E-state index < -0.39 is 0 Å². The molecular weight excluding hydrogens is 174 g/mol. The fourth-order valence-corrected chi connectivity index (χ4v) is 1.62. The van der Waals surface area contributed by atoms with Crippen LogP contribution in [0.15, 0.2) is 12.2 Å². The Balaban J connectivity index is 2.96. The Bertz CT molecular complexity index is 102.